The molecule has 1 aliphatic heterocycles. The monoisotopic (exact) mass is 349 g/mol. The van der Waals surface area contributed by atoms with Crippen LogP contribution in [-0.4, -0.2) is 44.1 Å². The normalized spacial score (nSPS) is 17.1. The molecule has 0 spiro atoms. The van der Waals surface area contributed by atoms with E-state index in [1.54, 1.807) is 13.2 Å². The minimum atomic E-state index is -1.19. The van der Waals surface area contributed by atoms with E-state index >= 15 is 0 Å². The molecule has 1 N–H and O–H groups in total. The first kappa shape index (κ1) is 17.1. The van der Waals surface area contributed by atoms with Gasteiger partial charge in [-0.2, -0.15) is 5.10 Å². The molecule has 1 saturated heterocycles. The lowest BCUT2D eigenvalue weighted by Gasteiger charge is -2.24. The number of halogens is 2. The number of Topliss-reactive ketones (excluding diaryl/α,β-unsaturated/α-hetero) is 1. The van der Waals surface area contributed by atoms with Crippen LogP contribution in [-0.2, 0) is 7.05 Å². The molecule has 25 heavy (non-hydrogen) atoms. The van der Waals surface area contributed by atoms with E-state index in [0.29, 0.717) is 24.9 Å². The molecular formula is C17H17F2N3O3. The van der Waals surface area contributed by atoms with Crippen molar-refractivity contribution in [1.82, 2.24) is 14.7 Å². The van der Waals surface area contributed by atoms with Crippen LogP contribution in [0, 0.1) is 11.6 Å². The molecule has 1 atom stereocenters. The summed E-state index contributed by atoms with van der Waals surface area (Å²) in [6.07, 6.45) is 4.55. The van der Waals surface area contributed by atoms with Gasteiger partial charge in [0.1, 0.15) is 0 Å². The Morgan fingerprint density at radius 3 is 2.56 bits per heavy atom. The highest BCUT2D eigenvalue weighted by atomic mass is 19.1. The number of hydrogen-bond acceptors (Lipinski definition) is 4. The third-order valence-electron chi connectivity index (χ3n) is 4.35. The van der Waals surface area contributed by atoms with Crippen LogP contribution in [0.2, 0.25) is 0 Å². The van der Waals surface area contributed by atoms with Gasteiger partial charge in [-0.05, 0) is 25.0 Å². The zero-order chi connectivity index (χ0) is 18.1. The molecule has 3 rings (SSSR count). The molecule has 1 aliphatic rings. The number of rotatable bonds is 4. The van der Waals surface area contributed by atoms with Crippen molar-refractivity contribution in [2.24, 2.45) is 7.05 Å². The molecule has 0 saturated carbocycles. The molecule has 6 nitrogen and oxygen atoms in total. The minimum Gasteiger partial charge on any atom is -0.503 e. The lowest BCUT2D eigenvalue weighted by atomic mass is 10.0. The van der Waals surface area contributed by atoms with Crippen molar-refractivity contribution in [2.45, 2.75) is 25.3 Å². The number of amides is 1. The number of aromatic nitrogens is 2. The van der Waals surface area contributed by atoms with Crippen molar-refractivity contribution >= 4 is 11.7 Å². The smallest absolute Gasteiger partial charge is 0.254 e. The van der Waals surface area contributed by atoms with Gasteiger partial charge in [0.05, 0.1) is 11.8 Å². The number of nitrogens with zero attached hydrogens (tertiary/aromatic N) is 3. The third-order valence-corrected chi connectivity index (χ3v) is 4.35. The van der Waals surface area contributed by atoms with Crippen molar-refractivity contribution in [2.75, 3.05) is 6.54 Å². The molecule has 1 fully saturated rings. The first-order valence-corrected chi connectivity index (χ1v) is 7.87. The van der Waals surface area contributed by atoms with Crippen molar-refractivity contribution in [3.8, 4) is 5.75 Å². The average Bonchev–Trinajstić information content (AvgIpc) is 3.20. The third kappa shape index (κ3) is 3.38. The van der Waals surface area contributed by atoms with Crippen LogP contribution in [0.3, 0.4) is 0 Å². The zero-order valence-electron chi connectivity index (χ0n) is 13.6. The molecule has 2 aromatic rings. The largest absolute Gasteiger partial charge is 0.503 e. The predicted molar refractivity (Wildman–Crippen MR) is 84.2 cm³/mol. The van der Waals surface area contributed by atoms with Gasteiger partial charge in [0.2, 0.25) is 0 Å². The van der Waals surface area contributed by atoms with Gasteiger partial charge in [-0.3, -0.25) is 14.3 Å². The first-order valence-electron chi connectivity index (χ1n) is 7.87. The highest BCUT2D eigenvalue weighted by Gasteiger charge is 2.32. The Bertz CT molecular complexity index is 811. The fourth-order valence-corrected chi connectivity index (χ4v) is 3.07. The quantitative estimate of drug-likeness (QED) is 0.860. The molecule has 2 heterocycles. The van der Waals surface area contributed by atoms with Crippen LogP contribution in [0.5, 0.6) is 5.75 Å². The van der Waals surface area contributed by atoms with E-state index in [4.69, 9.17) is 5.11 Å². The predicted octanol–water partition coefficient (Wildman–Crippen LogP) is 2.28. The maximum atomic E-state index is 13.5. The Morgan fingerprint density at radius 1 is 1.28 bits per heavy atom. The number of aryl methyl sites for hydroxylation is 1. The Morgan fingerprint density at radius 2 is 1.96 bits per heavy atom. The van der Waals surface area contributed by atoms with Gasteiger partial charge < -0.3 is 10.0 Å². The number of likely N-dealkylation sites (tertiary alicyclic amines) is 1. The fourth-order valence-electron chi connectivity index (χ4n) is 3.07. The molecule has 1 amide bonds. The Kier molecular flexibility index (Phi) is 4.52. The second-order valence-corrected chi connectivity index (χ2v) is 6.11. The number of ketones is 1. The van der Waals surface area contributed by atoms with E-state index in [0.717, 1.165) is 12.1 Å². The number of hydrogen-bond donors (Lipinski definition) is 1. The molecule has 8 heteroatoms. The van der Waals surface area contributed by atoms with Gasteiger partial charge in [0, 0.05) is 37.8 Å². The van der Waals surface area contributed by atoms with Crippen LogP contribution in [0.15, 0.2) is 24.5 Å². The topological polar surface area (TPSA) is 75.4 Å². The van der Waals surface area contributed by atoms with Crippen molar-refractivity contribution in [3.63, 3.8) is 0 Å². The highest BCUT2D eigenvalue weighted by Crippen LogP contribution is 2.27. The maximum absolute atomic E-state index is 13.5. The first-order chi connectivity index (χ1) is 11.9. The number of carbonyl (C=O) groups excluding carboxylic acids is 2. The Labute approximate surface area is 142 Å². The van der Waals surface area contributed by atoms with Gasteiger partial charge >= 0.3 is 0 Å². The van der Waals surface area contributed by atoms with E-state index in [-0.39, 0.29) is 23.8 Å². The summed E-state index contributed by atoms with van der Waals surface area (Å²) in [6, 6.07) is 1.28. The van der Waals surface area contributed by atoms with E-state index in [9.17, 15) is 18.4 Å². The summed E-state index contributed by atoms with van der Waals surface area (Å²) in [5.74, 6) is -4.18. The molecular weight excluding hydrogens is 332 g/mol. The van der Waals surface area contributed by atoms with E-state index < -0.39 is 23.3 Å². The molecule has 132 valence electrons. The van der Waals surface area contributed by atoms with Crippen LogP contribution in [0.1, 0.15) is 40.0 Å². The van der Waals surface area contributed by atoms with E-state index in [2.05, 4.69) is 5.10 Å². The number of phenolic OH excluding ortho intramolecular Hbond substituents is 1. The SMILES string of the molecule is Cn1cc(C(=O)C[C@H]2CCCN2C(=O)c2cc(F)c(O)c(F)c2)cn1. The zero-order valence-corrected chi connectivity index (χ0v) is 13.6. The number of aromatic hydroxyl groups is 1. The van der Waals surface area contributed by atoms with Crippen LogP contribution in [0.25, 0.3) is 0 Å². The van der Waals surface area contributed by atoms with E-state index in [1.807, 2.05) is 0 Å². The van der Waals surface area contributed by atoms with Gasteiger partial charge in [0.15, 0.2) is 23.2 Å². The average molecular weight is 349 g/mol. The fraction of sp³-hybridized carbons (Fsp3) is 0.353. The molecule has 1 aromatic carbocycles. The standard InChI is InChI=1S/C17H17F2N3O3/c1-21-9-11(8-20-21)15(23)7-12-3-2-4-22(12)17(25)10-5-13(18)16(24)14(19)6-10/h5-6,8-9,12,24H,2-4,7H2,1H3/t12-/m1/s1. The lowest BCUT2D eigenvalue weighted by Crippen LogP contribution is -2.37. The van der Waals surface area contributed by atoms with Crippen LogP contribution >= 0.6 is 0 Å². The van der Waals surface area contributed by atoms with Crippen LogP contribution in [0.4, 0.5) is 8.78 Å². The highest BCUT2D eigenvalue weighted by molar-refractivity contribution is 5.98. The summed E-state index contributed by atoms with van der Waals surface area (Å²) >= 11 is 0. The number of carbonyl (C=O) groups is 2. The van der Waals surface area contributed by atoms with Crippen molar-refractivity contribution in [1.29, 1.82) is 0 Å². The summed E-state index contributed by atoms with van der Waals surface area (Å²) in [5.41, 5.74) is 0.275. The van der Waals surface area contributed by atoms with Crippen molar-refractivity contribution < 1.29 is 23.5 Å². The number of benzene rings is 1. The summed E-state index contributed by atoms with van der Waals surface area (Å²) < 4.78 is 28.5. The molecule has 0 unspecified atom stereocenters. The summed E-state index contributed by atoms with van der Waals surface area (Å²) in [6.45, 7) is 0.411. The molecule has 0 aliphatic carbocycles. The minimum absolute atomic E-state index is 0.125. The number of phenols is 1. The summed E-state index contributed by atoms with van der Waals surface area (Å²) in [7, 11) is 1.70. The molecule has 1 aromatic heterocycles. The maximum Gasteiger partial charge on any atom is 0.254 e. The molecule has 0 radical (unpaired) electrons. The van der Waals surface area contributed by atoms with Gasteiger partial charge in [-0.1, -0.05) is 0 Å². The van der Waals surface area contributed by atoms with Gasteiger partial charge in [-0.15, -0.1) is 0 Å². The molecule has 0 bridgehead atoms. The Hall–Kier alpha value is -2.77. The van der Waals surface area contributed by atoms with E-state index in [1.165, 1.54) is 15.8 Å². The summed E-state index contributed by atoms with van der Waals surface area (Å²) in [4.78, 5) is 26.4. The van der Waals surface area contributed by atoms with Gasteiger partial charge in [0.25, 0.3) is 5.91 Å². The van der Waals surface area contributed by atoms with Crippen LogP contribution < -0.4 is 0 Å². The summed E-state index contributed by atoms with van der Waals surface area (Å²) in [5, 5.41) is 13.1. The lowest BCUT2D eigenvalue weighted by molar-refractivity contribution is 0.0716. The van der Waals surface area contributed by atoms with Crippen molar-refractivity contribution in [3.05, 3.63) is 47.3 Å². The van der Waals surface area contributed by atoms with Gasteiger partial charge in [-0.25, -0.2) is 8.78 Å². The Balaban J connectivity index is 1.77. The second kappa shape index (κ2) is 6.62. The second-order valence-electron chi connectivity index (χ2n) is 6.11.